The first kappa shape index (κ1) is 44.9. The van der Waals surface area contributed by atoms with Gasteiger partial charge in [-0.05, 0) is 135 Å². The normalized spacial score (nSPS) is 21.5. The van der Waals surface area contributed by atoms with E-state index in [-0.39, 0.29) is 41.8 Å². The fourth-order valence-corrected chi connectivity index (χ4v) is 10.4. The molecule has 5 N–H and O–H groups in total. The number of H-pyrrole nitrogens is 2. The first-order chi connectivity index (χ1) is 33.5. The van der Waals surface area contributed by atoms with Crippen molar-refractivity contribution in [2.45, 2.75) is 127 Å². The van der Waals surface area contributed by atoms with Crippen LogP contribution in [0, 0.1) is 11.8 Å². The van der Waals surface area contributed by atoms with Gasteiger partial charge in [0.2, 0.25) is 11.8 Å². The highest BCUT2D eigenvalue weighted by Gasteiger charge is 2.40. The minimum atomic E-state index is -0.530. The molecule has 364 valence electrons. The molecule has 69 heavy (non-hydrogen) atoms. The number of nitrogens with one attached hydrogen (secondary N) is 5. The molecule has 3 amide bonds. The van der Waals surface area contributed by atoms with E-state index in [2.05, 4.69) is 42.4 Å². The summed E-state index contributed by atoms with van der Waals surface area (Å²) in [5.41, 5.74) is 3.55. The van der Waals surface area contributed by atoms with E-state index in [0.717, 1.165) is 92.3 Å². The standard InChI is InChI=1S/C27H36N8O3.C22H28N8O/c1-27(2,3)38-26(37)33-14-10-18(11-15-33)25(36)34-12-4-6-20(34)24-29-23(21-7-5-13-35(21)32-24)28-22-16-19(30-31-22)17-8-9-17;31-22(15-7-9-23-10-8-15)29-11-1-3-17(29)21-25-20(18-4-2-12-30(18)28-21)24-19-13-16(26-27-19)14-5-6-14/h5,7,13,16-18,20H,4,6,8-12,14-15H2,1-3H3,(H2,28,29,30,31,32);2,4,12-15,17,23H,1,3,5-11H2,(H2,24,25,26,27,28)/t20-;17-/m00/s1. The van der Waals surface area contributed by atoms with Crippen molar-refractivity contribution in [1.82, 2.24) is 69.6 Å². The van der Waals surface area contributed by atoms with Crippen molar-refractivity contribution in [3.05, 3.63) is 71.8 Å². The third-order valence-electron chi connectivity index (χ3n) is 14.4. The average Bonchev–Trinajstić information content (AvgIpc) is 3.83. The van der Waals surface area contributed by atoms with Crippen LogP contribution in [0.15, 0.2) is 48.8 Å². The average molecular weight is 941 g/mol. The van der Waals surface area contributed by atoms with Gasteiger partial charge in [0.05, 0.1) is 12.1 Å². The van der Waals surface area contributed by atoms with Crippen molar-refractivity contribution >= 4 is 52.2 Å². The van der Waals surface area contributed by atoms with Gasteiger partial charge in [-0.1, -0.05) is 0 Å². The van der Waals surface area contributed by atoms with Gasteiger partial charge < -0.3 is 35.4 Å². The predicted octanol–water partition coefficient (Wildman–Crippen LogP) is 7.12. The van der Waals surface area contributed by atoms with Gasteiger partial charge in [0, 0.05) is 85.8 Å². The predicted molar refractivity (Wildman–Crippen MR) is 257 cm³/mol. The minimum Gasteiger partial charge on any atom is -0.444 e. The van der Waals surface area contributed by atoms with E-state index < -0.39 is 5.60 Å². The number of ether oxygens (including phenoxy) is 1. The SMILES string of the molecule is CC(C)(C)OC(=O)N1CCC(C(=O)N2CCC[C@H]2c2nc(Nc3cc(C4CC4)[nH]n3)c3cccn3n2)CC1.O=C(C1CCNCC1)N1CCC[C@H]1c1nc(Nc2cc(C3CC3)[nH]n2)c2cccn2n1. The molecule has 2 atom stereocenters. The molecular weight excluding hydrogens is 877 g/mol. The van der Waals surface area contributed by atoms with Crippen LogP contribution in [0.2, 0.25) is 0 Å². The van der Waals surface area contributed by atoms with Gasteiger partial charge in [-0.2, -0.15) is 20.4 Å². The number of nitrogens with zero attached hydrogens (tertiary/aromatic N) is 11. The van der Waals surface area contributed by atoms with E-state index in [9.17, 15) is 14.4 Å². The Hall–Kier alpha value is -6.57. The number of hydrogen-bond acceptors (Lipinski definition) is 13. The Morgan fingerprint density at radius 2 is 1.12 bits per heavy atom. The first-order valence-electron chi connectivity index (χ1n) is 25.2. The van der Waals surface area contributed by atoms with Crippen LogP contribution in [-0.2, 0) is 14.3 Å². The number of hydrogen-bond donors (Lipinski definition) is 5. The van der Waals surface area contributed by atoms with Crippen LogP contribution in [-0.4, -0.2) is 127 Å². The van der Waals surface area contributed by atoms with E-state index in [0.29, 0.717) is 61.8 Å². The number of rotatable bonds is 10. The van der Waals surface area contributed by atoms with Gasteiger partial charge in [-0.15, -0.1) is 0 Å². The van der Waals surface area contributed by atoms with Crippen molar-refractivity contribution in [2.75, 3.05) is 49.9 Å². The molecule has 4 saturated heterocycles. The van der Waals surface area contributed by atoms with E-state index in [4.69, 9.17) is 24.9 Å². The third kappa shape index (κ3) is 9.85. The lowest BCUT2D eigenvalue weighted by atomic mass is 9.95. The summed E-state index contributed by atoms with van der Waals surface area (Å²) in [7, 11) is 0. The summed E-state index contributed by atoms with van der Waals surface area (Å²) in [6.45, 7) is 9.95. The highest BCUT2D eigenvalue weighted by molar-refractivity contribution is 5.81. The van der Waals surface area contributed by atoms with Crippen LogP contribution in [0.4, 0.5) is 28.1 Å². The molecular formula is C49H64N16O4. The second-order valence-electron chi connectivity index (χ2n) is 20.7. The molecule has 20 nitrogen and oxygen atoms in total. The number of aromatic amines is 2. The van der Waals surface area contributed by atoms with Gasteiger partial charge in [-0.3, -0.25) is 19.8 Å². The van der Waals surface area contributed by atoms with Gasteiger partial charge >= 0.3 is 6.09 Å². The number of piperidine rings is 2. The Balaban J connectivity index is 0.000000154. The van der Waals surface area contributed by atoms with Crippen molar-refractivity contribution in [3.63, 3.8) is 0 Å². The smallest absolute Gasteiger partial charge is 0.410 e. The van der Waals surface area contributed by atoms with E-state index in [1.807, 2.05) is 82.3 Å². The molecule has 0 aromatic carbocycles. The highest BCUT2D eigenvalue weighted by atomic mass is 16.6. The number of carbonyl (C=O) groups is 3. The van der Waals surface area contributed by atoms with Crippen LogP contribution in [0.5, 0.6) is 0 Å². The quantitative estimate of drug-likeness (QED) is 0.0924. The molecule has 0 bridgehead atoms. The van der Waals surface area contributed by atoms with Crippen molar-refractivity contribution in [2.24, 2.45) is 11.8 Å². The van der Waals surface area contributed by atoms with Crippen LogP contribution < -0.4 is 16.0 Å². The number of anilines is 4. The monoisotopic (exact) mass is 941 g/mol. The summed E-state index contributed by atoms with van der Waals surface area (Å²) in [5.74, 6) is 5.82. The molecule has 2 aliphatic carbocycles. The molecule has 6 aliphatic rings. The first-order valence-corrected chi connectivity index (χ1v) is 25.2. The Morgan fingerprint density at radius 3 is 1.58 bits per heavy atom. The lowest BCUT2D eigenvalue weighted by Gasteiger charge is -2.35. The van der Waals surface area contributed by atoms with Crippen molar-refractivity contribution in [1.29, 1.82) is 0 Å². The number of fused-ring (bicyclic) bond motifs is 2. The largest absolute Gasteiger partial charge is 0.444 e. The molecule has 12 rings (SSSR count). The molecule has 6 fully saturated rings. The lowest BCUT2D eigenvalue weighted by Crippen LogP contribution is -2.45. The maximum absolute atomic E-state index is 13.7. The lowest BCUT2D eigenvalue weighted by molar-refractivity contribution is -0.138. The zero-order valence-corrected chi connectivity index (χ0v) is 39.9. The van der Waals surface area contributed by atoms with Gasteiger partial charge in [0.25, 0.3) is 0 Å². The second-order valence-corrected chi connectivity index (χ2v) is 20.7. The number of likely N-dealkylation sites (tertiary alicyclic amines) is 3. The van der Waals surface area contributed by atoms with Gasteiger partial charge in [0.1, 0.15) is 16.6 Å². The van der Waals surface area contributed by atoms with Crippen LogP contribution in [0.1, 0.15) is 145 Å². The third-order valence-corrected chi connectivity index (χ3v) is 14.4. The molecule has 6 aromatic heterocycles. The molecule has 4 aliphatic heterocycles. The minimum absolute atomic E-state index is 0.0732. The summed E-state index contributed by atoms with van der Waals surface area (Å²) in [6.07, 6.45) is 15.1. The Morgan fingerprint density at radius 1 is 0.638 bits per heavy atom. The van der Waals surface area contributed by atoms with Crippen molar-refractivity contribution < 1.29 is 19.1 Å². The van der Waals surface area contributed by atoms with Gasteiger partial charge in [0.15, 0.2) is 34.9 Å². The molecule has 20 heteroatoms. The maximum atomic E-state index is 13.7. The fourth-order valence-electron chi connectivity index (χ4n) is 10.4. The van der Waals surface area contributed by atoms with Crippen LogP contribution >= 0.6 is 0 Å². The number of aromatic nitrogens is 10. The fraction of sp³-hybridized carbons (Fsp3) is 0.571. The zero-order valence-electron chi connectivity index (χ0n) is 39.9. The molecule has 2 saturated carbocycles. The summed E-state index contributed by atoms with van der Waals surface area (Å²) >= 11 is 0. The summed E-state index contributed by atoms with van der Waals surface area (Å²) in [4.78, 5) is 54.8. The Kier molecular flexibility index (Phi) is 12.2. The molecule has 0 spiro atoms. The molecule has 10 heterocycles. The summed E-state index contributed by atoms with van der Waals surface area (Å²) in [5, 5.41) is 34.8. The topological polar surface area (TPSA) is 224 Å². The zero-order chi connectivity index (χ0) is 47.2. The van der Waals surface area contributed by atoms with Crippen LogP contribution in [0.3, 0.4) is 0 Å². The summed E-state index contributed by atoms with van der Waals surface area (Å²) in [6, 6.07) is 11.7. The Bertz CT molecular complexity index is 2800. The number of amides is 3. The molecule has 6 aromatic rings. The van der Waals surface area contributed by atoms with E-state index in [1.165, 1.54) is 31.4 Å². The van der Waals surface area contributed by atoms with Crippen LogP contribution in [0.25, 0.3) is 11.0 Å². The highest BCUT2D eigenvalue weighted by Crippen LogP contribution is 2.41. The van der Waals surface area contributed by atoms with E-state index >= 15 is 0 Å². The second kappa shape index (κ2) is 18.7. The molecule has 0 unspecified atom stereocenters. The molecule has 0 radical (unpaired) electrons. The number of carbonyl (C=O) groups excluding carboxylic acids is 3. The Labute approximate surface area is 400 Å². The van der Waals surface area contributed by atoms with E-state index in [1.54, 1.807) is 4.90 Å². The van der Waals surface area contributed by atoms with Crippen molar-refractivity contribution in [3.8, 4) is 0 Å². The van der Waals surface area contributed by atoms with Gasteiger partial charge in [-0.25, -0.2) is 23.8 Å². The maximum Gasteiger partial charge on any atom is 0.410 e. The summed E-state index contributed by atoms with van der Waals surface area (Å²) < 4.78 is 9.18.